The largest absolute Gasteiger partial charge is 0.469 e. The Hall–Kier alpha value is -1.18. The van der Waals surface area contributed by atoms with Crippen molar-refractivity contribution >= 4 is 11.9 Å². The van der Waals surface area contributed by atoms with E-state index in [1.165, 1.54) is 14.0 Å². The molecule has 0 radical (unpaired) electrons. The maximum Gasteiger partial charge on any atom is 0.340 e. The average molecular weight is 289 g/mol. The number of hydrogen-bond acceptors (Lipinski definition) is 7. The number of nitrogens with zero attached hydrogens (tertiary/aromatic N) is 1. The quantitative estimate of drug-likeness (QED) is 0.637. The summed E-state index contributed by atoms with van der Waals surface area (Å²) in [5.41, 5.74) is -1.95. The van der Waals surface area contributed by atoms with Gasteiger partial charge in [-0.05, 0) is 19.8 Å². The Bertz CT molecular complexity index is 353. The van der Waals surface area contributed by atoms with Gasteiger partial charge >= 0.3 is 11.9 Å². The SMILES string of the molecule is COC(=O)C(C)C(O)(CN1CCC(O)CC1)C(=O)OC. The van der Waals surface area contributed by atoms with Crippen molar-refractivity contribution in [2.45, 2.75) is 31.5 Å². The number of rotatable bonds is 5. The lowest BCUT2D eigenvalue weighted by Crippen LogP contribution is -2.57. The van der Waals surface area contributed by atoms with E-state index in [-0.39, 0.29) is 12.6 Å². The molecule has 0 aromatic carbocycles. The van der Waals surface area contributed by atoms with Crippen molar-refractivity contribution in [3.63, 3.8) is 0 Å². The standard InChI is InChI=1S/C13H23NO6/c1-9(11(16)19-2)13(18,12(17)20-3)8-14-6-4-10(15)5-7-14/h9-10,15,18H,4-8H2,1-3H3. The Morgan fingerprint density at radius 3 is 2.30 bits per heavy atom. The second-order valence-electron chi connectivity index (χ2n) is 5.17. The van der Waals surface area contributed by atoms with Crippen LogP contribution in [0.3, 0.4) is 0 Å². The van der Waals surface area contributed by atoms with Crippen LogP contribution in [0.2, 0.25) is 0 Å². The number of hydrogen-bond donors (Lipinski definition) is 2. The third-order valence-corrected chi connectivity index (χ3v) is 3.83. The Kier molecular flexibility index (Phi) is 5.91. The van der Waals surface area contributed by atoms with E-state index in [1.807, 2.05) is 4.90 Å². The van der Waals surface area contributed by atoms with E-state index < -0.39 is 23.5 Å². The van der Waals surface area contributed by atoms with Crippen molar-refractivity contribution in [3.8, 4) is 0 Å². The summed E-state index contributed by atoms with van der Waals surface area (Å²) < 4.78 is 9.21. The summed E-state index contributed by atoms with van der Waals surface area (Å²) in [6.07, 6.45) is 0.795. The molecule has 1 aliphatic heterocycles. The van der Waals surface area contributed by atoms with Crippen LogP contribution in [0.15, 0.2) is 0 Å². The zero-order chi connectivity index (χ0) is 15.3. The Labute approximate surface area is 118 Å². The molecule has 2 atom stereocenters. The molecule has 0 aromatic heterocycles. The highest BCUT2D eigenvalue weighted by atomic mass is 16.5. The summed E-state index contributed by atoms with van der Waals surface area (Å²) in [5, 5.41) is 20.0. The van der Waals surface area contributed by atoms with Crippen molar-refractivity contribution in [2.75, 3.05) is 33.9 Å². The van der Waals surface area contributed by atoms with Crippen LogP contribution in [-0.4, -0.2) is 72.6 Å². The second kappa shape index (κ2) is 7.01. The summed E-state index contributed by atoms with van der Waals surface area (Å²) in [6, 6.07) is 0. The van der Waals surface area contributed by atoms with E-state index in [0.717, 1.165) is 7.11 Å². The van der Waals surface area contributed by atoms with E-state index in [9.17, 15) is 19.8 Å². The first-order valence-corrected chi connectivity index (χ1v) is 6.64. The molecule has 0 saturated carbocycles. The van der Waals surface area contributed by atoms with Gasteiger partial charge in [0.15, 0.2) is 5.60 Å². The van der Waals surface area contributed by atoms with Gasteiger partial charge in [-0.25, -0.2) is 4.79 Å². The van der Waals surface area contributed by atoms with Gasteiger partial charge in [0, 0.05) is 19.6 Å². The Balaban J connectivity index is 2.83. The first-order valence-electron chi connectivity index (χ1n) is 6.64. The number of carbonyl (C=O) groups excluding carboxylic acids is 2. The summed E-state index contributed by atoms with van der Waals surface area (Å²) >= 11 is 0. The van der Waals surface area contributed by atoms with E-state index in [2.05, 4.69) is 9.47 Å². The number of carbonyl (C=O) groups is 2. The smallest absolute Gasteiger partial charge is 0.340 e. The van der Waals surface area contributed by atoms with Gasteiger partial charge in [-0.2, -0.15) is 0 Å². The molecule has 1 saturated heterocycles. The molecule has 7 nitrogen and oxygen atoms in total. The summed E-state index contributed by atoms with van der Waals surface area (Å²) in [5.74, 6) is -2.57. The number of aliphatic hydroxyl groups excluding tert-OH is 1. The molecule has 0 bridgehead atoms. The fourth-order valence-electron chi connectivity index (χ4n) is 2.35. The highest BCUT2D eigenvalue weighted by Crippen LogP contribution is 2.24. The van der Waals surface area contributed by atoms with Crippen LogP contribution in [0, 0.1) is 5.92 Å². The molecule has 2 unspecified atom stereocenters. The molecule has 7 heteroatoms. The zero-order valence-corrected chi connectivity index (χ0v) is 12.2. The number of ether oxygens (including phenoxy) is 2. The van der Waals surface area contributed by atoms with Crippen LogP contribution >= 0.6 is 0 Å². The van der Waals surface area contributed by atoms with Gasteiger partial charge in [0.1, 0.15) is 0 Å². The molecule has 0 amide bonds. The van der Waals surface area contributed by atoms with Crippen molar-refractivity contribution < 1.29 is 29.3 Å². The molecule has 1 fully saturated rings. The normalized spacial score (nSPS) is 21.9. The first-order chi connectivity index (χ1) is 9.35. The van der Waals surface area contributed by atoms with Crippen molar-refractivity contribution in [1.82, 2.24) is 4.90 Å². The fourth-order valence-corrected chi connectivity index (χ4v) is 2.35. The number of likely N-dealkylation sites (tertiary alicyclic amines) is 1. The lowest BCUT2D eigenvalue weighted by atomic mass is 9.87. The van der Waals surface area contributed by atoms with E-state index in [1.54, 1.807) is 0 Å². The number of aliphatic hydroxyl groups is 2. The molecular weight excluding hydrogens is 266 g/mol. The lowest BCUT2D eigenvalue weighted by molar-refractivity contribution is -0.180. The highest BCUT2D eigenvalue weighted by Gasteiger charge is 2.48. The molecular formula is C13H23NO6. The van der Waals surface area contributed by atoms with Gasteiger partial charge in [-0.1, -0.05) is 0 Å². The number of esters is 2. The maximum absolute atomic E-state index is 11.9. The monoisotopic (exact) mass is 289 g/mol. The summed E-state index contributed by atoms with van der Waals surface area (Å²) in [6.45, 7) is 2.51. The number of piperidine rings is 1. The van der Waals surface area contributed by atoms with Gasteiger partial charge in [-0.3, -0.25) is 9.69 Å². The minimum absolute atomic E-state index is 0.0251. The van der Waals surface area contributed by atoms with Gasteiger partial charge in [0.2, 0.25) is 0 Å². The second-order valence-corrected chi connectivity index (χ2v) is 5.17. The van der Waals surface area contributed by atoms with Gasteiger partial charge in [0.05, 0.1) is 26.2 Å². The minimum Gasteiger partial charge on any atom is -0.469 e. The van der Waals surface area contributed by atoms with Crippen LogP contribution < -0.4 is 0 Å². The first kappa shape index (κ1) is 16.9. The van der Waals surface area contributed by atoms with Crippen LogP contribution in [0.5, 0.6) is 0 Å². The zero-order valence-electron chi connectivity index (χ0n) is 12.2. The minimum atomic E-state index is -1.95. The Morgan fingerprint density at radius 1 is 1.30 bits per heavy atom. The molecule has 2 N–H and O–H groups in total. The van der Waals surface area contributed by atoms with Crippen LogP contribution in [0.25, 0.3) is 0 Å². The van der Waals surface area contributed by atoms with Crippen molar-refractivity contribution in [3.05, 3.63) is 0 Å². The maximum atomic E-state index is 11.9. The topological polar surface area (TPSA) is 96.3 Å². The van der Waals surface area contributed by atoms with Gasteiger partial charge < -0.3 is 19.7 Å². The predicted molar refractivity (Wildman–Crippen MR) is 69.8 cm³/mol. The predicted octanol–water partition coefficient (Wildman–Crippen LogP) is -0.844. The molecule has 0 aliphatic carbocycles. The Morgan fingerprint density at radius 2 is 1.85 bits per heavy atom. The van der Waals surface area contributed by atoms with Gasteiger partial charge in [0.25, 0.3) is 0 Å². The molecule has 116 valence electrons. The highest BCUT2D eigenvalue weighted by molar-refractivity contribution is 5.87. The molecule has 0 aromatic rings. The van der Waals surface area contributed by atoms with E-state index in [0.29, 0.717) is 25.9 Å². The molecule has 0 spiro atoms. The number of β-amino-alcohol motifs (C(OH)–C–C–N with tert-alkyl or cyclic N) is 1. The van der Waals surface area contributed by atoms with Crippen LogP contribution in [-0.2, 0) is 19.1 Å². The van der Waals surface area contributed by atoms with Crippen LogP contribution in [0.4, 0.5) is 0 Å². The van der Waals surface area contributed by atoms with Crippen molar-refractivity contribution in [2.24, 2.45) is 5.92 Å². The van der Waals surface area contributed by atoms with Gasteiger partial charge in [-0.15, -0.1) is 0 Å². The third kappa shape index (κ3) is 3.68. The van der Waals surface area contributed by atoms with Crippen LogP contribution in [0.1, 0.15) is 19.8 Å². The van der Waals surface area contributed by atoms with E-state index in [4.69, 9.17) is 0 Å². The summed E-state index contributed by atoms with van der Waals surface area (Å²) in [7, 11) is 2.37. The average Bonchev–Trinajstić information content (AvgIpc) is 2.46. The molecule has 1 heterocycles. The van der Waals surface area contributed by atoms with E-state index >= 15 is 0 Å². The molecule has 1 rings (SSSR count). The summed E-state index contributed by atoms with van der Waals surface area (Å²) in [4.78, 5) is 25.3. The fraction of sp³-hybridized carbons (Fsp3) is 0.846. The number of methoxy groups -OCH3 is 2. The molecule has 1 aliphatic rings. The lowest BCUT2D eigenvalue weighted by Gasteiger charge is -2.37. The third-order valence-electron chi connectivity index (χ3n) is 3.83. The molecule has 20 heavy (non-hydrogen) atoms. The van der Waals surface area contributed by atoms with Crippen molar-refractivity contribution in [1.29, 1.82) is 0 Å².